The molecule has 20 heavy (non-hydrogen) atoms. The molecule has 0 aliphatic carbocycles. The standard InChI is InChI=1S/C13H11ClFN3O2/c14-10-3-7(1-2-11(10)15)12-9(4-16-17-12)13(20)18-5-8(19)6-18/h1-4,8,19H,5-6H2,(H,16,17). The number of H-pyrrole nitrogens is 1. The highest BCUT2D eigenvalue weighted by Gasteiger charge is 2.31. The third kappa shape index (κ3) is 2.17. The lowest BCUT2D eigenvalue weighted by atomic mass is 10.0. The molecule has 2 heterocycles. The number of benzene rings is 1. The third-order valence-corrected chi connectivity index (χ3v) is 3.52. The lowest BCUT2D eigenvalue weighted by Gasteiger charge is -2.35. The number of nitrogens with zero attached hydrogens (tertiary/aromatic N) is 2. The lowest BCUT2D eigenvalue weighted by molar-refractivity contribution is 0.00595. The number of carbonyl (C=O) groups is 1. The maximum absolute atomic E-state index is 13.2. The van der Waals surface area contributed by atoms with Crippen LogP contribution in [0.5, 0.6) is 0 Å². The van der Waals surface area contributed by atoms with E-state index in [4.69, 9.17) is 11.6 Å². The van der Waals surface area contributed by atoms with Crippen LogP contribution < -0.4 is 0 Å². The average molecular weight is 296 g/mol. The Morgan fingerprint density at radius 1 is 1.50 bits per heavy atom. The fraction of sp³-hybridized carbons (Fsp3) is 0.231. The van der Waals surface area contributed by atoms with Crippen LogP contribution in [-0.2, 0) is 0 Å². The second-order valence-electron chi connectivity index (χ2n) is 4.65. The zero-order chi connectivity index (χ0) is 14.3. The van der Waals surface area contributed by atoms with Gasteiger partial charge in [0.1, 0.15) is 5.82 Å². The molecular weight excluding hydrogens is 285 g/mol. The minimum atomic E-state index is -0.520. The number of halogens is 2. The monoisotopic (exact) mass is 295 g/mol. The molecule has 104 valence electrons. The molecule has 1 fully saturated rings. The summed E-state index contributed by atoms with van der Waals surface area (Å²) < 4.78 is 13.2. The summed E-state index contributed by atoms with van der Waals surface area (Å²) >= 11 is 5.75. The number of β-amino-alcohol motifs (C(OH)–C–C–N with tert-alkyl or cyclic N) is 1. The highest BCUT2D eigenvalue weighted by atomic mass is 35.5. The van der Waals surface area contributed by atoms with E-state index in [0.29, 0.717) is 29.9 Å². The molecule has 2 N–H and O–H groups in total. The highest BCUT2D eigenvalue weighted by molar-refractivity contribution is 6.31. The Morgan fingerprint density at radius 2 is 2.25 bits per heavy atom. The Kier molecular flexibility index (Phi) is 3.19. The van der Waals surface area contributed by atoms with Gasteiger partial charge in [0.2, 0.25) is 0 Å². The minimum Gasteiger partial charge on any atom is -0.389 e. The molecule has 2 aromatic rings. The first kappa shape index (κ1) is 13.1. The zero-order valence-corrected chi connectivity index (χ0v) is 11.1. The van der Waals surface area contributed by atoms with Crippen molar-refractivity contribution in [2.24, 2.45) is 0 Å². The van der Waals surface area contributed by atoms with Crippen molar-refractivity contribution < 1.29 is 14.3 Å². The zero-order valence-electron chi connectivity index (χ0n) is 10.3. The van der Waals surface area contributed by atoms with Gasteiger partial charge in [0, 0.05) is 18.7 Å². The van der Waals surface area contributed by atoms with Crippen molar-refractivity contribution in [2.75, 3.05) is 13.1 Å². The molecule has 1 amide bonds. The Hall–Kier alpha value is -1.92. The molecule has 1 aromatic carbocycles. The first-order valence-electron chi connectivity index (χ1n) is 6.02. The van der Waals surface area contributed by atoms with Crippen LogP contribution in [0.4, 0.5) is 4.39 Å². The van der Waals surface area contributed by atoms with E-state index in [1.54, 1.807) is 0 Å². The van der Waals surface area contributed by atoms with Gasteiger partial charge in [-0.25, -0.2) is 4.39 Å². The predicted molar refractivity (Wildman–Crippen MR) is 70.9 cm³/mol. The third-order valence-electron chi connectivity index (χ3n) is 3.23. The summed E-state index contributed by atoms with van der Waals surface area (Å²) in [6.45, 7) is 0.626. The SMILES string of the molecule is O=C(c1cn[nH]c1-c1ccc(F)c(Cl)c1)N1CC(O)C1. The van der Waals surface area contributed by atoms with Gasteiger partial charge in [-0.1, -0.05) is 11.6 Å². The van der Waals surface area contributed by atoms with E-state index in [0.717, 1.165) is 0 Å². The number of aliphatic hydroxyl groups excluding tert-OH is 1. The van der Waals surface area contributed by atoms with Crippen LogP contribution in [0.3, 0.4) is 0 Å². The maximum atomic E-state index is 13.2. The quantitative estimate of drug-likeness (QED) is 0.886. The maximum Gasteiger partial charge on any atom is 0.257 e. The predicted octanol–water partition coefficient (Wildman–Crippen LogP) is 1.69. The van der Waals surface area contributed by atoms with Gasteiger partial charge in [-0.15, -0.1) is 0 Å². The average Bonchev–Trinajstić information content (AvgIpc) is 2.87. The summed E-state index contributed by atoms with van der Waals surface area (Å²) in [6, 6.07) is 4.20. The molecular formula is C13H11ClFN3O2. The van der Waals surface area contributed by atoms with Crippen LogP contribution in [0.2, 0.25) is 5.02 Å². The summed E-state index contributed by atoms with van der Waals surface area (Å²) in [7, 11) is 0. The molecule has 0 atom stereocenters. The van der Waals surface area contributed by atoms with Crippen LogP contribution in [0.25, 0.3) is 11.3 Å². The fourth-order valence-corrected chi connectivity index (χ4v) is 2.29. The van der Waals surface area contributed by atoms with E-state index in [1.165, 1.54) is 29.3 Å². The molecule has 7 heteroatoms. The van der Waals surface area contributed by atoms with Crippen LogP contribution in [-0.4, -0.2) is 45.3 Å². The topological polar surface area (TPSA) is 69.2 Å². The molecule has 0 unspecified atom stereocenters. The second-order valence-corrected chi connectivity index (χ2v) is 5.06. The van der Waals surface area contributed by atoms with Gasteiger partial charge in [0.25, 0.3) is 5.91 Å². The normalized spacial score (nSPS) is 15.2. The molecule has 1 aromatic heterocycles. The molecule has 0 spiro atoms. The van der Waals surface area contributed by atoms with Crippen LogP contribution in [0.1, 0.15) is 10.4 Å². The summed E-state index contributed by atoms with van der Waals surface area (Å²) in [5.41, 5.74) is 1.44. The number of nitrogens with one attached hydrogen (secondary N) is 1. The van der Waals surface area contributed by atoms with Crippen molar-refractivity contribution in [3.05, 3.63) is 40.8 Å². The van der Waals surface area contributed by atoms with E-state index in [1.807, 2.05) is 0 Å². The van der Waals surface area contributed by atoms with Crippen molar-refractivity contribution in [3.8, 4) is 11.3 Å². The minimum absolute atomic E-state index is 0.0186. The molecule has 3 rings (SSSR count). The first-order valence-corrected chi connectivity index (χ1v) is 6.40. The molecule has 0 radical (unpaired) electrons. The molecule has 1 aliphatic rings. The first-order chi connectivity index (χ1) is 9.56. The Labute approximate surface area is 119 Å². The van der Waals surface area contributed by atoms with Gasteiger partial charge in [-0.05, 0) is 18.2 Å². The number of hydrogen-bond acceptors (Lipinski definition) is 3. The lowest BCUT2D eigenvalue weighted by Crippen LogP contribution is -2.53. The van der Waals surface area contributed by atoms with E-state index >= 15 is 0 Å². The highest BCUT2D eigenvalue weighted by Crippen LogP contribution is 2.27. The largest absolute Gasteiger partial charge is 0.389 e. The van der Waals surface area contributed by atoms with Gasteiger partial charge >= 0.3 is 0 Å². The smallest absolute Gasteiger partial charge is 0.257 e. The number of hydrogen-bond donors (Lipinski definition) is 2. The Morgan fingerprint density at radius 3 is 2.90 bits per heavy atom. The molecule has 1 saturated heterocycles. The number of likely N-dealkylation sites (tertiary alicyclic amines) is 1. The number of carbonyl (C=O) groups excluding carboxylic acids is 1. The Bertz CT molecular complexity index is 667. The van der Waals surface area contributed by atoms with Gasteiger partial charge in [-0.2, -0.15) is 5.10 Å². The van der Waals surface area contributed by atoms with Crippen molar-refractivity contribution in [1.82, 2.24) is 15.1 Å². The second kappa shape index (κ2) is 4.88. The summed E-state index contributed by atoms with van der Waals surface area (Å²) in [5, 5.41) is 15.8. The fourth-order valence-electron chi connectivity index (χ4n) is 2.11. The number of aromatic nitrogens is 2. The van der Waals surface area contributed by atoms with Gasteiger partial charge in [-0.3, -0.25) is 9.89 Å². The van der Waals surface area contributed by atoms with Gasteiger partial charge < -0.3 is 10.0 Å². The molecule has 1 aliphatic heterocycles. The molecule has 0 saturated carbocycles. The molecule has 0 bridgehead atoms. The van der Waals surface area contributed by atoms with Crippen molar-refractivity contribution in [2.45, 2.75) is 6.10 Å². The van der Waals surface area contributed by atoms with E-state index in [-0.39, 0.29) is 10.9 Å². The van der Waals surface area contributed by atoms with Crippen molar-refractivity contribution in [3.63, 3.8) is 0 Å². The van der Waals surface area contributed by atoms with Crippen LogP contribution in [0, 0.1) is 5.82 Å². The van der Waals surface area contributed by atoms with E-state index in [2.05, 4.69) is 10.2 Å². The number of amides is 1. The number of aromatic amines is 1. The summed E-state index contributed by atoms with van der Waals surface area (Å²) in [5.74, 6) is -0.742. The van der Waals surface area contributed by atoms with Crippen LogP contribution >= 0.6 is 11.6 Å². The summed E-state index contributed by atoms with van der Waals surface area (Å²) in [6.07, 6.45) is 0.953. The summed E-state index contributed by atoms with van der Waals surface area (Å²) in [4.78, 5) is 13.7. The van der Waals surface area contributed by atoms with Gasteiger partial charge in [0.05, 0.1) is 28.6 Å². The number of aliphatic hydroxyl groups is 1. The van der Waals surface area contributed by atoms with E-state index < -0.39 is 11.9 Å². The van der Waals surface area contributed by atoms with Crippen LogP contribution in [0.15, 0.2) is 24.4 Å². The van der Waals surface area contributed by atoms with Crippen molar-refractivity contribution >= 4 is 17.5 Å². The Balaban J connectivity index is 1.93. The molecule has 5 nitrogen and oxygen atoms in total. The van der Waals surface area contributed by atoms with E-state index in [9.17, 15) is 14.3 Å². The van der Waals surface area contributed by atoms with Crippen molar-refractivity contribution in [1.29, 1.82) is 0 Å². The number of rotatable bonds is 2. The van der Waals surface area contributed by atoms with Gasteiger partial charge in [0.15, 0.2) is 0 Å².